The fourth-order valence-corrected chi connectivity index (χ4v) is 7.65. The van der Waals surface area contributed by atoms with Crippen LogP contribution in [0.5, 0.6) is 0 Å². The molecule has 1 saturated heterocycles. The molecule has 1 fully saturated rings. The van der Waals surface area contributed by atoms with Gasteiger partial charge in [-0.15, -0.1) is 0 Å². The summed E-state index contributed by atoms with van der Waals surface area (Å²) in [6.45, 7) is 0.795. The molecule has 286 valence electrons. The maximum atomic E-state index is 12.5. The van der Waals surface area contributed by atoms with E-state index in [2.05, 4.69) is 33.8 Å². The van der Waals surface area contributed by atoms with Crippen molar-refractivity contribution in [3.05, 3.63) is 56.8 Å². The van der Waals surface area contributed by atoms with Crippen LogP contribution in [0.15, 0.2) is 34.4 Å². The standard InChI is InChI=1S/C27H33N9O15P2/c1-10-3-12-13(4-11(10)2)35(24-18(32-12)25(42)34-27(43)33-24)5-14(37)19(39)15(38)6-48-52(44,45)51-53(46,47)49-7-16-20(40)21(41)26(50-16)36-9-31-17-22(28)29-8-30-23(17)36/h3-4,8-9,14-16,19-21,26,37-41H,5-7H2,1-2H3,(H,44,45)(H,46,47)(H2,28,29,30)(H,34,42,43)/t14-,15+,16-,19-,20-,21+,26-/m0/s1. The number of nitrogens with zero attached hydrogens (tertiary/aromatic N) is 7. The van der Waals surface area contributed by atoms with Crippen molar-refractivity contribution in [2.45, 2.75) is 63.2 Å². The topological polar surface area (TPSA) is 363 Å². The average Bonchev–Trinajstić information content (AvgIpc) is 3.63. The molecule has 53 heavy (non-hydrogen) atoms. The largest absolute Gasteiger partial charge is 0.481 e. The van der Waals surface area contributed by atoms with Crippen LogP contribution >= 0.6 is 15.6 Å². The van der Waals surface area contributed by atoms with Crippen LogP contribution in [0, 0.1) is 13.8 Å². The molecule has 0 bridgehead atoms. The molecule has 26 heteroatoms. The van der Waals surface area contributed by atoms with E-state index in [1.165, 1.54) is 15.5 Å². The number of hydrogen-bond donors (Lipinski definition) is 9. The van der Waals surface area contributed by atoms with Crippen LogP contribution in [0.1, 0.15) is 17.4 Å². The van der Waals surface area contributed by atoms with Crippen molar-refractivity contribution >= 4 is 43.7 Å². The number of aliphatic hydroxyl groups is 5. The lowest BCUT2D eigenvalue weighted by Crippen LogP contribution is -2.42. The molecule has 10 N–H and O–H groups in total. The number of hydrogen-bond acceptors (Lipinski definition) is 19. The quantitative estimate of drug-likeness (QED) is 0.0443. The van der Waals surface area contributed by atoms with Gasteiger partial charge in [0.15, 0.2) is 29.2 Å². The van der Waals surface area contributed by atoms with Crippen LogP contribution in [0.4, 0.5) is 5.82 Å². The Balaban J connectivity index is 1.07. The zero-order valence-corrected chi connectivity index (χ0v) is 29.3. The lowest BCUT2D eigenvalue weighted by atomic mass is 10.1. The summed E-state index contributed by atoms with van der Waals surface area (Å²) in [6, 6.07) is 3.29. The predicted molar refractivity (Wildman–Crippen MR) is 177 cm³/mol. The van der Waals surface area contributed by atoms with Crippen LogP contribution in [-0.4, -0.2) is 124 Å². The lowest BCUT2D eigenvalue weighted by Gasteiger charge is -2.26. The maximum absolute atomic E-state index is 12.5. The number of nitrogens with one attached hydrogen (secondary N) is 1. The number of phosphoric ester groups is 2. The molecule has 3 aliphatic rings. The fraction of sp³-hybridized carbons (Fsp3) is 0.444. The number of benzene rings is 1. The molecule has 0 aliphatic carbocycles. The molecule has 2 aromatic heterocycles. The van der Waals surface area contributed by atoms with Gasteiger partial charge in [-0.05, 0) is 37.1 Å². The number of aliphatic hydroxyl groups excluding tert-OH is 5. The number of nitrogen functional groups attached to an aromatic ring is 1. The smallest absolute Gasteiger partial charge is 0.388 e. The molecular weight excluding hydrogens is 752 g/mol. The van der Waals surface area contributed by atoms with E-state index < -0.39 is 89.5 Å². The Labute approximate surface area is 295 Å². The number of phosphoric acid groups is 2. The Kier molecular flexibility index (Phi) is 10.6. The lowest BCUT2D eigenvalue weighted by molar-refractivity contribution is -0.0794. The van der Waals surface area contributed by atoms with E-state index in [-0.39, 0.29) is 34.0 Å². The van der Waals surface area contributed by atoms with E-state index in [1.54, 1.807) is 26.0 Å². The van der Waals surface area contributed by atoms with Crippen molar-refractivity contribution in [2.75, 3.05) is 18.9 Å². The molecule has 1 aromatic carbocycles. The molecule has 0 spiro atoms. The summed E-state index contributed by atoms with van der Waals surface area (Å²) >= 11 is 0. The number of anilines is 1. The first-order chi connectivity index (χ1) is 24.9. The van der Waals surface area contributed by atoms with Crippen molar-refractivity contribution in [1.82, 2.24) is 39.0 Å². The minimum Gasteiger partial charge on any atom is -0.388 e. The van der Waals surface area contributed by atoms with E-state index >= 15 is 0 Å². The first kappa shape index (κ1) is 38.6. The van der Waals surface area contributed by atoms with Crippen LogP contribution in [-0.2, 0) is 33.8 Å². The van der Waals surface area contributed by atoms with Crippen molar-refractivity contribution in [2.24, 2.45) is 0 Å². The van der Waals surface area contributed by atoms with E-state index in [1.807, 2.05) is 4.98 Å². The van der Waals surface area contributed by atoms with Gasteiger partial charge >= 0.3 is 21.3 Å². The Morgan fingerprint density at radius 3 is 2.42 bits per heavy atom. The van der Waals surface area contributed by atoms with Gasteiger partial charge < -0.3 is 50.4 Å². The molecule has 2 unspecified atom stereocenters. The van der Waals surface area contributed by atoms with Gasteiger partial charge in [0.1, 0.15) is 48.5 Å². The number of ether oxygens (including phenoxy) is 1. The summed E-state index contributed by atoms with van der Waals surface area (Å²) in [5.41, 5.74) is 6.11. The first-order valence-electron chi connectivity index (χ1n) is 15.4. The number of aromatic amines is 1. The van der Waals surface area contributed by atoms with E-state index in [0.29, 0.717) is 5.52 Å². The highest BCUT2D eigenvalue weighted by atomic mass is 31.3. The molecule has 0 saturated carbocycles. The molecule has 0 amide bonds. The van der Waals surface area contributed by atoms with Gasteiger partial charge in [0.2, 0.25) is 0 Å². The number of nitrogens with two attached hydrogens (primary N) is 1. The molecule has 9 atom stereocenters. The Bertz CT molecular complexity index is 2350. The van der Waals surface area contributed by atoms with Crippen LogP contribution in [0.25, 0.3) is 33.7 Å². The van der Waals surface area contributed by atoms with Gasteiger partial charge in [0.25, 0.3) is 5.56 Å². The number of aromatic nitrogens is 8. The van der Waals surface area contributed by atoms with Crippen LogP contribution in [0.3, 0.4) is 0 Å². The van der Waals surface area contributed by atoms with E-state index in [9.17, 15) is 54.0 Å². The third-order valence-corrected chi connectivity index (χ3v) is 11.0. The zero-order chi connectivity index (χ0) is 38.6. The first-order valence-corrected chi connectivity index (χ1v) is 18.4. The van der Waals surface area contributed by atoms with Gasteiger partial charge in [-0.3, -0.25) is 23.4 Å². The maximum Gasteiger partial charge on any atom is 0.481 e. The summed E-state index contributed by atoms with van der Waals surface area (Å²) in [7, 11) is -11.0. The third-order valence-electron chi connectivity index (χ3n) is 8.40. The second-order valence-electron chi connectivity index (χ2n) is 12.1. The SMILES string of the molecule is Cc1cc2nc3c(=O)[nH]c(=O)nc-3n(C[C@H](O)[C@H](O)[C@H](O)COP(=O)(O)OP(=O)(O)OC[C@@H]3O[C@H](n4cnc5c(N)ncnc54)[C@H](O)[C@H]3O)c2cc1C. The molecule has 24 nitrogen and oxygen atoms in total. The fourth-order valence-electron chi connectivity index (χ4n) is 5.55. The summed E-state index contributed by atoms with van der Waals surface area (Å²) in [4.78, 5) is 66.6. The monoisotopic (exact) mass is 785 g/mol. The molecular formula is C27H33N9O15P2. The highest BCUT2D eigenvalue weighted by Gasteiger charge is 2.46. The normalized spacial score (nSPS) is 23.3. The Morgan fingerprint density at radius 1 is 0.981 bits per heavy atom. The zero-order valence-electron chi connectivity index (χ0n) is 27.5. The number of aryl methyl sites for hydroxylation is 2. The number of fused-ring (bicyclic) bond motifs is 3. The highest BCUT2D eigenvalue weighted by Crippen LogP contribution is 2.60. The van der Waals surface area contributed by atoms with Crippen LogP contribution < -0.4 is 17.0 Å². The van der Waals surface area contributed by atoms with Crippen molar-refractivity contribution < 1.29 is 62.5 Å². The number of H-pyrrole nitrogens is 1. The second-order valence-corrected chi connectivity index (χ2v) is 15.1. The molecule has 0 radical (unpaired) electrons. The summed E-state index contributed by atoms with van der Waals surface area (Å²) in [6.07, 6.45) is -9.93. The minimum absolute atomic E-state index is 0.0293. The van der Waals surface area contributed by atoms with Gasteiger partial charge in [-0.25, -0.2) is 33.9 Å². The van der Waals surface area contributed by atoms with Crippen LogP contribution in [0.2, 0.25) is 0 Å². The van der Waals surface area contributed by atoms with Crippen molar-refractivity contribution in [3.8, 4) is 11.5 Å². The van der Waals surface area contributed by atoms with Gasteiger partial charge in [-0.1, -0.05) is 0 Å². The van der Waals surface area contributed by atoms with Crippen molar-refractivity contribution in [1.29, 1.82) is 0 Å². The van der Waals surface area contributed by atoms with Gasteiger partial charge in [-0.2, -0.15) is 9.29 Å². The molecule has 6 rings (SSSR count). The minimum atomic E-state index is -5.54. The summed E-state index contributed by atoms with van der Waals surface area (Å²) in [5.74, 6) is -0.212. The van der Waals surface area contributed by atoms with Gasteiger partial charge in [0, 0.05) is 0 Å². The molecule has 5 heterocycles. The Hall–Kier alpha value is -4.13. The Morgan fingerprint density at radius 2 is 1.68 bits per heavy atom. The number of rotatable bonds is 13. The highest BCUT2D eigenvalue weighted by molar-refractivity contribution is 7.61. The van der Waals surface area contributed by atoms with Crippen molar-refractivity contribution in [3.63, 3.8) is 0 Å². The second kappa shape index (κ2) is 14.6. The predicted octanol–water partition coefficient (Wildman–Crippen LogP) is -2.42. The van der Waals surface area contributed by atoms with E-state index in [4.69, 9.17) is 15.0 Å². The van der Waals surface area contributed by atoms with Gasteiger partial charge in [0.05, 0.1) is 37.1 Å². The molecule has 3 aromatic rings. The number of imidazole rings is 1. The summed E-state index contributed by atoms with van der Waals surface area (Å²) < 4.78 is 46.6. The van der Waals surface area contributed by atoms with E-state index in [0.717, 1.165) is 17.5 Å². The summed E-state index contributed by atoms with van der Waals surface area (Å²) in [5, 5.41) is 53.0. The molecule has 3 aliphatic heterocycles. The average molecular weight is 786 g/mol. The third kappa shape index (κ3) is 7.91.